The largest absolute Gasteiger partial charge is 0.489 e. The molecule has 1 aliphatic rings. The molecule has 2 heterocycles. The minimum Gasteiger partial charge on any atom is -0.489 e. The number of hydrogen-bond acceptors (Lipinski definition) is 9. The zero-order valence-electron chi connectivity index (χ0n) is 22.7. The van der Waals surface area contributed by atoms with E-state index in [2.05, 4.69) is 45.0 Å². The first kappa shape index (κ1) is 29.1. The summed E-state index contributed by atoms with van der Waals surface area (Å²) in [5.41, 5.74) is 3.74. The molecule has 4 N–H and O–H groups in total. The summed E-state index contributed by atoms with van der Waals surface area (Å²) >= 11 is 6.41. The normalized spacial score (nSPS) is 14.4. The first-order valence-electron chi connectivity index (χ1n) is 13.2. The maximum atomic E-state index is 12.8. The number of benzene rings is 2. The predicted octanol–water partition coefficient (Wildman–Crippen LogP) is 5.47. The van der Waals surface area contributed by atoms with Crippen molar-refractivity contribution in [3.8, 4) is 5.75 Å². The number of anilines is 4. The summed E-state index contributed by atoms with van der Waals surface area (Å²) in [6, 6.07) is 9.03. The third-order valence-corrected chi connectivity index (χ3v) is 8.85. The van der Waals surface area contributed by atoms with Gasteiger partial charge in [-0.15, -0.1) is 0 Å². The van der Waals surface area contributed by atoms with Crippen LogP contribution in [0.15, 0.2) is 41.4 Å². The average molecular weight is 574 g/mol. The van der Waals surface area contributed by atoms with Gasteiger partial charge in [0.05, 0.1) is 40.9 Å². The molecule has 0 spiro atoms. The summed E-state index contributed by atoms with van der Waals surface area (Å²) in [6.07, 6.45) is 3.58. The summed E-state index contributed by atoms with van der Waals surface area (Å²) in [7, 11) is -3.64. The number of halogens is 1. The van der Waals surface area contributed by atoms with Gasteiger partial charge in [-0.25, -0.2) is 13.4 Å². The van der Waals surface area contributed by atoms with Gasteiger partial charge in [0.2, 0.25) is 5.95 Å². The van der Waals surface area contributed by atoms with Crippen LogP contribution in [-0.4, -0.2) is 48.4 Å². The van der Waals surface area contributed by atoms with Crippen LogP contribution in [0.25, 0.3) is 0 Å². The van der Waals surface area contributed by atoms with E-state index in [4.69, 9.17) is 16.3 Å². The van der Waals surface area contributed by atoms with Gasteiger partial charge in [-0.2, -0.15) is 4.98 Å². The van der Waals surface area contributed by atoms with E-state index in [0.717, 1.165) is 37.2 Å². The van der Waals surface area contributed by atoms with E-state index < -0.39 is 16.4 Å². The van der Waals surface area contributed by atoms with Crippen molar-refractivity contribution in [2.24, 2.45) is 0 Å². The fraction of sp³-hybridized carbons (Fsp3) is 0.429. The van der Waals surface area contributed by atoms with Gasteiger partial charge >= 0.3 is 0 Å². The lowest BCUT2D eigenvalue weighted by molar-refractivity contribution is 0.243. The molecule has 0 radical (unpaired) electrons. The number of aliphatic hydroxyl groups is 1. The van der Waals surface area contributed by atoms with Gasteiger partial charge in [-0.05, 0) is 87.5 Å². The Balaban J connectivity index is 1.68. The van der Waals surface area contributed by atoms with Gasteiger partial charge in [0.15, 0.2) is 15.7 Å². The minimum absolute atomic E-state index is 0.0240. The maximum absolute atomic E-state index is 12.8. The van der Waals surface area contributed by atoms with Crippen LogP contribution in [0.4, 0.5) is 23.1 Å². The Kier molecular flexibility index (Phi) is 9.32. The second-order valence-electron chi connectivity index (χ2n) is 9.89. The van der Waals surface area contributed by atoms with Crippen molar-refractivity contribution in [3.05, 3.63) is 58.2 Å². The van der Waals surface area contributed by atoms with Crippen LogP contribution in [0.1, 0.15) is 56.2 Å². The van der Waals surface area contributed by atoms with Crippen LogP contribution < -0.4 is 20.7 Å². The fourth-order valence-electron chi connectivity index (χ4n) is 4.81. The summed E-state index contributed by atoms with van der Waals surface area (Å²) in [4.78, 5) is 8.91. The fourth-order valence-corrected chi connectivity index (χ4v) is 6.22. The number of hydrogen-bond donors (Lipinski definition) is 4. The van der Waals surface area contributed by atoms with Gasteiger partial charge < -0.3 is 25.8 Å². The third kappa shape index (κ3) is 6.81. The molecule has 0 bridgehead atoms. The van der Waals surface area contributed by atoms with Crippen molar-refractivity contribution in [2.75, 3.05) is 29.5 Å². The van der Waals surface area contributed by atoms with Gasteiger partial charge in [0.25, 0.3) is 0 Å². The summed E-state index contributed by atoms with van der Waals surface area (Å²) in [5, 5.41) is 19.7. The third-order valence-electron chi connectivity index (χ3n) is 6.71. The van der Waals surface area contributed by atoms with Crippen LogP contribution in [-0.2, 0) is 16.4 Å². The molecule has 1 aliphatic heterocycles. The zero-order chi connectivity index (χ0) is 28.2. The number of ether oxygens (including phenoxy) is 1. The zero-order valence-corrected chi connectivity index (χ0v) is 24.3. The highest BCUT2D eigenvalue weighted by atomic mass is 35.5. The van der Waals surface area contributed by atoms with E-state index in [-0.39, 0.29) is 39.2 Å². The lowest BCUT2D eigenvalue weighted by Gasteiger charge is -2.26. The Bertz CT molecular complexity index is 1430. The van der Waals surface area contributed by atoms with Crippen LogP contribution in [0.3, 0.4) is 0 Å². The van der Waals surface area contributed by atoms with Crippen LogP contribution in [0, 0.1) is 6.92 Å². The van der Waals surface area contributed by atoms with Crippen LogP contribution in [0.2, 0.25) is 5.02 Å². The highest BCUT2D eigenvalue weighted by Gasteiger charge is 2.23. The van der Waals surface area contributed by atoms with E-state index in [1.165, 1.54) is 11.8 Å². The molecule has 0 unspecified atom stereocenters. The first-order chi connectivity index (χ1) is 18.6. The Hall–Kier alpha value is -2.92. The second kappa shape index (κ2) is 12.5. The molecule has 9 nitrogen and oxygen atoms in total. The number of aliphatic hydroxyl groups excluding tert-OH is 1. The molecule has 39 heavy (non-hydrogen) atoms. The Morgan fingerprint density at radius 3 is 2.59 bits per heavy atom. The minimum atomic E-state index is -3.64. The number of aryl methyl sites for hydroxylation is 1. The van der Waals surface area contributed by atoms with Gasteiger partial charge in [0, 0.05) is 0 Å². The van der Waals surface area contributed by atoms with Crippen molar-refractivity contribution in [1.29, 1.82) is 0 Å². The average Bonchev–Trinajstić information content (AvgIpc) is 2.92. The smallest absolute Gasteiger partial charge is 0.229 e. The van der Waals surface area contributed by atoms with Crippen molar-refractivity contribution < 1.29 is 18.3 Å². The Morgan fingerprint density at radius 1 is 1.18 bits per heavy atom. The van der Waals surface area contributed by atoms with E-state index >= 15 is 0 Å². The SMILES string of the molecule is CCS(=O)(=O)c1c(CO)cccc1Nc1nc(Nc2cc(C)c(C3CCNCC3)cc2OC(C)C)ncc1Cl. The summed E-state index contributed by atoms with van der Waals surface area (Å²) < 4.78 is 31.9. The van der Waals surface area contributed by atoms with Crippen molar-refractivity contribution in [3.63, 3.8) is 0 Å². The van der Waals surface area contributed by atoms with E-state index in [0.29, 0.717) is 17.2 Å². The van der Waals surface area contributed by atoms with E-state index in [1.807, 2.05) is 13.8 Å². The topological polar surface area (TPSA) is 125 Å². The molecule has 3 aromatic rings. The van der Waals surface area contributed by atoms with Crippen molar-refractivity contribution in [2.45, 2.75) is 64.1 Å². The first-order valence-corrected chi connectivity index (χ1v) is 15.2. The highest BCUT2D eigenvalue weighted by Crippen LogP contribution is 2.38. The van der Waals surface area contributed by atoms with Crippen LogP contribution in [0.5, 0.6) is 5.75 Å². The van der Waals surface area contributed by atoms with E-state index in [9.17, 15) is 13.5 Å². The van der Waals surface area contributed by atoms with Gasteiger partial charge in [-0.3, -0.25) is 0 Å². The highest BCUT2D eigenvalue weighted by molar-refractivity contribution is 7.91. The summed E-state index contributed by atoms with van der Waals surface area (Å²) in [5.74, 6) is 1.56. The number of nitrogens with one attached hydrogen (secondary N) is 3. The number of nitrogens with zero attached hydrogens (tertiary/aromatic N) is 2. The van der Waals surface area contributed by atoms with Gasteiger partial charge in [-0.1, -0.05) is 30.7 Å². The lowest BCUT2D eigenvalue weighted by atomic mass is 9.87. The number of piperidine rings is 1. The molecule has 0 amide bonds. The van der Waals surface area contributed by atoms with Crippen LogP contribution >= 0.6 is 11.6 Å². The number of aromatic nitrogens is 2. The Morgan fingerprint density at radius 2 is 1.92 bits per heavy atom. The molecule has 1 saturated heterocycles. The molecule has 0 saturated carbocycles. The molecule has 4 rings (SSSR count). The predicted molar refractivity (Wildman–Crippen MR) is 155 cm³/mol. The molecule has 210 valence electrons. The monoisotopic (exact) mass is 573 g/mol. The summed E-state index contributed by atoms with van der Waals surface area (Å²) in [6.45, 7) is 9.21. The van der Waals surface area contributed by atoms with Crippen molar-refractivity contribution >= 4 is 44.6 Å². The van der Waals surface area contributed by atoms with Crippen molar-refractivity contribution in [1.82, 2.24) is 15.3 Å². The second-order valence-corrected chi connectivity index (χ2v) is 12.5. The molecule has 2 aromatic carbocycles. The molecule has 0 aliphatic carbocycles. The van der Waals surface area contributed by atoms with E-state index in [1.54, 1.807) is 25.1 Å². The standard InChI is InChI=1S/C28H36ClN5O4S/c1-5-39(36,37)26-20(16-35)7-6-8-23(26)32-27-22(29)15-31-28(34-27)33-24-13-18(4)21(14-25(24)38-17(2)3)19-9-11-30-12-10-19/h6-8,13-15,17,19,30,35H,5,9-12,16H2,1-4H3,(H2,31,32,33,34). The number of rotatable bonds is 10. The molecular formula is C28H36ClN5O4S. The Labute approximate surface area is 235 Å². The quantitative estimate of drug-likeness (QED) is 0.250. The maximum Gasteiger partial charge on any atom is 0.229 e. The van der Waals surface area contributed by atoms with Gasteiger partial charge in [0.1, 0.15) is 10.8 Å². The molecule has 1 aromatic heterocycles. The molecular weight excluding hydrogens is 538 g/mol. The lowest BCUT2D eigenvalue weighted by Crippen LogP contribution is -2.27. The number of sulfone groups is 1. The molecule has 0 atom stereocenters. The molecule has 11 heteroatoms. The molecule has 1 fully saturated rings.